The Morgan fingerprint density at radius 2 is 1.88 bits per heavy atom. The van der Waals surface area contributed by atoms with E-state index < -0.39 is 0 Å². The summed E-state index contributed by atoms with van der Waals surface area (Å²) in [6.07, 6.45) is 2.21. The third-order valence-corrected chi connectivity index (χ3v) is 5.60. The number of benzene rings is 2. The molecule has 0 saturated heterocycles. The molecule has 0 radical (unpaired) electrons. The molecular formula is C26H27N3O3. The van der Waals surface area contributed by atoms with Crippen LogP contribution in [0.1, 0.15) is 31.6 Å². The molecule has 1 aliphatic rings. The topological polar surface area (TPSA) is 74.6 Å². The molecule has 2 aromatic carbocycles. The maximum absolute atomic E-state index is 12.3. The number of hydrogen-bond donors (Lipinski definition) is 2. The van der Waals surface area contributed by atoms with Crippen molar-refractivity contribution in [2.24, 2.45) is 0 Å². The van der Waals surface area contributed by atoms with Crippen LogP contribution in [0.4, 0.5) is 11.4 Å². The van der Waals surface area contributed by atoms with Crippen molar-refractivity contribution >= 4 is 34.8 Å². The minimum absolute atomic E-state index is 0.00942. The molecule has 2 amide bonds. The SMILES string of the molecule is CCN(CC)CCC(=O)Nc1cccc(-c2ccc(/C=C3/C(=O)Nc4ccccc43)o2)c1. The van der Waals surface area contributed by atoms with Gasteiger partial charge in [0.1, 0.15) is 11.5 Å². The molecule has 6 heteroatoms. The Hall–Kier alpha value is -3.64. The molecule has 0 saturated carbocycles. The van der Waals surface area contributed by atoms with Crippen LogP contribution in [0.3, 0.4) is 0 Å². The van der Waals surface area contributed by atoms with Gasteiger partial charge in [-0.15, -0.1) is 0 Å². The fourth-order valence-corrected chi connectivity index (χ4v) is 3.78. The van der Waals surface area contributed by atoms with Gasteiger partial charge in [0.25, 0.3) is 5.91 Å². The second-order valence-electron chi connectivity index (χ2n) is 7.67. The van der Waals surface area contributed by atoms with Crippen LogP contribution in [-0.4, -0.2) is 36.3 Å². The average Bonchev–Trinajstić information content (AvgIpc) is 3.39. The highest BCUT2D eigenvalue weighted by Gasteiger charge is 2.23. The first-order chi connectivity index (χ1) is 15.6. The van der Waals surface area contributed by atoms with E-state index in [0.717, 1.165) is 42.1 Å². The standard InChI is InChI=1S/C26H27N3O3/c1-3-29(4-2)15-14-25(30)27-19-9-7-8-18(16-19)24-13-12-20(32-24)17-22-21-10-5-6-11-23(21)28-26(22)31/h5-13,16-17H,3-4,14-15H2,1-2H3,(H,27,30)(H,28,31)/b22-17+. The fourth-order valence-electron chi connectivity index (χ4n) is 3.78. The zero-order valence-corrected chi connectivity index (χ0v) is 18.4. The normalized spacial score (nSPS) is 14.0. The Kier molecular flexibility index (Phi) is 6.52. The lowest BCUT2D eigenvalue weighted by Crippen LogP contribution is -2.27. The Morgan fingerprint density at radius 1 is 1.06 bits per heavy atom. The maximum atomic E-state index is 12.3. The van der Waals surface area contributed by atoms with E-state index in [2.05, 4.69) is 29.4 Å². The van der Waals surface area contributed by atoms with Gasteiger partial charge in [-0.1, -0.05) is 44.2 Å². The molecule has 0 bridgehead atoms. The summed E-state index contributed by atoms with van der Waals surface area (Å²) < 4.78 is 5.99. The van der Waals surface area contributed by atoms with Crippen LogP contribution in [-0.2, 0) is 9.59 Å². The highest BCUT2D eigenvalue weighted by molar-refractivity contribution is 6.34. The van der Waals surface area contributed by atoms with Crippen molar-refractivity contribution in [2.75, 3.05) is 30.3 Å². The molecule has 0 unspecified atom stereocenters. The Labute approximate surface area is 187 Å². The minimum Gasteiger partial charge on any atom is -0.457 e. The number of carbonyl (C=O) groups is 2. The number of para-hydroxylation sites is 1. The van der Waals surface area contributed by atoms with Gasteiger partial charge in [-0.2, -0.15) is 0 Å². The highest BCUT2D eigenvalue weighted by atomic mass is 16.3. The fraction of sp³-hybridized carbons (Fsp3) is 0.231. The second kappa shape index (κ2) is 9.66. The zero-order valence-electron chi connectivity index (χ0n) is 18.4. The lowest BCUT2D eigenvalue weighted by Gasteiger charge is -2.17. The predicted molar refractivity (Wildman–Crippen MR) is 128 cm³/mol. The number of rotatable bonds is 8. The Balaban J connectivity index is 1.47. The smallest absolute Gasteiger partial charge is 0.256 e. The van der Waals surface area contributed by atoms with Crippen LogP contribution < -0.4 is 10.6 Å². The quantitative estimate of drug-likeness (QED) is 0.488. The van der Waals surface area contributed by atoms with Crippen LogP contribution in [0.25, 0.3) is 23.0 Å². The van der Waals surface area contributed by atoms with Crippen LogP contribution in [0, 0.1) is 0 Å². The largest absolute Gasteiger partial charge is 0.457 e. The van der Waals surface area contributed by atoms with Gasteiger partial charge in [0.15, 0.2) is 0 Å². The number of hydrogen-bond acceptors (Lipinski definition) is 4. The first kappa shape index (κ1) is 21.6. The van der Waals surface area contributed by atoms with Gasteiger partial charge in [-0.05, 0) is 49.5 Å². The molecule has 4 rings (SSSR count). The molecule has 2 N–H and O–H groups in total. The summed E-state index contributed by atoms with van der Waals surface area (Å²) in [7, 11) is 0. The third kappa shape index (κ3) is 4.81. The van der Waals surface area contributed by atoms with Crippen molar-refractivity contribution < 1.29 is 14.0 Å². The van der Waals surface area contributed by atoms with Gasteiger partial charge in [-0.3, -0.25) is 9.59 Å². The lowest BCUT2D eigenvalue weighted by molar-refractivity contribution is -0.116. The summed E-state index contributed by atoms with van der Waals surface area (Å²) in [6.45, 7) is 6.80. The maximum Gasteiger partial charge on any atom is 0.256 e. The number of amides is 2. The van der Waals surface area contributed by atoms with Crippen LogP contribution in [0.5, 0.6) is 0 Å². The van der Waals surface area contributed by atoms with Crippen LogP contribution in [0.15, 0.2) is 65.1 Å². The molecule has 164 valence electrons. The van der Waals surface area contributed by atoms with Gasteiger partial charge >= 0.3 is 0 Å². The average molecular weight is 430 g/mol. The Bertz CT molecular complexity index is 1160. The summed E-state index contributed by atoms with van der Waals surface area (Å²) in [5.41, 5.74) is 3.83. The number of carbonyl (C=O) groups excluding carboxylic acids is 2. The zero-order chi connectivity index (χ0) is 22.5. The number of furan rings is 1. The Morgan fingerprint density at radius 3 is 2.69 bits per heavy atom. The van der Waals surface area contributed by atoms with Gasteiger partial charge in [0.05, 0.1) is 5.57 Å². The second-order valence-corrected chi connectivity index (χ2v) is 7.67. The predicted octanol–water partition coefficient (Wildman–Crippen LogP) is 5.11. The molecular weight excluding hydrogens is 402 g/mol. The van der Waals surface area contributed by atoms with E-state index in [1.807, 2.05) is 60.7 Å². The summed E-state index contributed by atoms with van der Waals surface area (Å²) in [6, 6.07) is 18.9. The molecule has 0 spiro atoms. The minimum atomic E-state index is -0.140. The van der Waals surface area contributed by atoms with Gasteiger partial charge in [0, 0.05) is 35.5 Å². The van der Waals surface area contributed by atoms with Crippen LogP contribution in [0.2, 0.25) is 0 Å². The van der Waals surface area contributed by atoms with E-state index in [1.165, 1.54) is 0 Å². The molecule has 1 aromatic heterocycles. The molecule has 0 aliphatic carbocycles. The van der Waals surface area contributed by atoms with E-state index in [9.17, 15) is 9.59 Å². The van der Waals surface area contributed by atoms with E-state index in [4.69, 9.17) is 4.42 Å². The molecule has 6 nitrogen and oxygen atoms in total. The molecule has 0 atom stereocenters. The van der Waals surface area contributed by atoms with Gasteiger partial charge < -0.3 is 20.0 Å². The summed E-state index contributed by atoms with van der Waals surface area (Å²) in [5, 5.41) is 5.83. The lowest BCUT2D eigenvalue weighted by atomic mass is 10.1. The number of fused-ring (bicyclic) bond motifs is 1. The van der Waals surface area contributed by atoms with Crippen molar-refractivity contribution in [1.82, 2.24) is 4.90 Å². The molecule has 1 aliphatic heterocycles. The van der Waals surface area contributed by atoms with Crippen LogP contribution >= 0.6 is 0 Å². The number of anilines is 2. The summed E-state index contributed by atoms with van der Waals surface area (Å²) in [4.78, 5) is 26.9. The van der Waals surface area contributed by atoms with Crippen molar-refractivity contribution in [3.05, 3.63) is 72.0 Å². The van der Waals surface area contributed by atoms with Gasteiger partial charge in [0.2, 0.25) is 5.91 Å². The van der Waals surface area contributed by atoms with Crippen molar-refractivity contribution in [1.29, 1.82) is 0 Å². The van der Waals surface area contributed by atoms with E-state index in [1.54, 1.807) is 6.08 Å². The molecule has 3 aromatic rings. The molecule has 0 fully saturated rings. The first-order valence-corrected chi connectivity index (χ1v) is 10.9. The van der Waals surface area contributed by atoms with E-state index in [0.29, 0.717) is 23.5 Å². The third-order valence-electron chi connectivity index (χ3n) is 5.60. The van der Waals surface area contributed by atoms with Crippen molar-refractivity contribution in [3.8, 4) is 11.3 Å². The van der Waals surface area contributed by atoms with E-state index >= 15 is 0 Å². The highest BCUT2D eigenvalue weighted by Crippen LogP contribution is 2.34. The first-order valence-electron chi connectivity index (χ1n) is 10.9. The number of nitrogens with zero attached hydrogens (tertiary/aromatic N) is 1. The summed E-state index contributed by atoms with van der Waals surface area (Å²) in [5.74, 6) is 1.11. The van der Waals surface area contributed by atoms with Crippen molar-refractivity contribution in [3.63, 3.8) is 0 Å². The monoisotopic (exact) mass is 429 g/mol. The van der Waals surface area contributed by atoms with Gasteiger partial charge in [-0.25, -0.2) is 0 Å². The summed E-state index contributed by atoms with van der Waals surface area (Å²) >= 11 is 0. The van der Waals surface area contributed by atoms with Crippen molar-refractivity contribution in [2.45, 2.75) is 20.3 Å². The van der Waals surface area contributed by atoms with E-state index in [-0.39, 0.29) is 11.8 Å². The molecule has 2 heterocycles. The molecule has 32 heavy (non-hydrogen) atoms. The number of nitrogens with one attached hydrogen (secondary N) is 2.